The van der Waals surface area contributed by atoms with E-state index in [1.165, 1.54) is 18.3 Å². The van der Waals surface area contributed by atoms with Crippen molar-refractivity contribution in [3.63, 3.8) is 0 Å². The van der Waals surface area contributed by atoms with E-state index in [1.807, 2.05) is 0 Å². The fourth-order valence-electron chi connectivity index (χ4n) is 3.25. The molecule has 3 rings (SSSR count). The van der Waals surface area contributed by atoms with Gasteiger partial charge in [0.15, 0.2) is 11.6 Å². The van der Waals surface area contributed by atoms with E-state index in [2.05, 4.69) is 4.99 Å². The standard InChI is InChI=1S/C18H20FNO3S/c1-2-23-18(22)15-12-7-3-4-9-14(12)24-17(15)20-10-11-6-5-8-13(19)16(11)21/h5-6,8,10,12,14,21H,2-4,7,9H2,1H3/b20-10+/t12-,14-/m1/s1. The van der Waals surface area contributed by atoms with E-state index in [9.17, 15) is 14.3 Å². The molecule has 1 fully saturated rings. The van der Waals surface area contributed by atoms with Crippen molar-refractivity contribution in [2.45, 2.75) is 37.9 Å². The predicted octanol–water partition coefficient (Wildman–Crippen LogP) is 4.03. The summed E-state index contributed by atoms with van der Waals surface area (Å²) in [6, 6.07) is 4.28. The number of aromatic hydroxyl groups is 1. The molecule has 2 atom stereocenters. The molecule has 1 aromatic carbocycles. The van der Waals surface area contributed by atoms with Crippen LogP contribution in [0.25, 0.3) is 0 Å². The number of fused-ring (bicyclic) bond motifs is 1. The van der Waals surface area contributed by atoms with Gasteiger partial charge in [-0.05, 0) is 31.9 Å². The fraction of sp³-hybridized carbons (Fsp3) is 0.444. The van der Waals surface area contributed by atoms with Crippen LogP contribution in [0, 0.1) is 11.7 Å². The number of benzene rings is 1. The van der Waals surface area contributed by atoms with Gasteiger partial charge >= 0.3 is 5.97 Å². The van der Waals surface area contributed by atoms with Crippen molar-refractivity contribution in [2.75, 3.05) is 6.61 Å². The average molecular weight is 349 g/mol. The van der Waals surface area contributed by atoms with Crippen molar-refractivity contribution in [3.05, 3.63) is 40.2 Å². The van der Waals surface area contributed by atoms with Crippen LogP contribution >= 0.6 is 11.8 Å². The minimum atomic E-state index is -0.689. The van der Waals surface area contributed by atoms with Gasteiger partial charge in [0.05, 0.1) is 12.2 Å². The fourth-order valence-corrected chi connectivity index (χ4v) is 4.73. The highest BCUT2D eigenvalue weighted by molar-refractivity contribution is 8.04. The number of thioether (sulfide) groups is 1. The van der Waals surface area contributed by atoms with Gasteiger partial charge in [0, 0.05) is 22.9 Å². The van der Waals surface area contributed by atoms with E-state index in [1.54, 1.807) is 24.8 Å². The molecule has 2 aliphatic rings. The molecule has 24 heavy (non-hydrogen) atoms. The first-order valence-electron chi connectivity index (χ1n) is 8.21. The third-order valence-corrected chi connectivity index (χ3v) is 5.82. The third kappa shape index (κ3) is 3.34. The highest BCUT2D eigenvalue weighted by atomic mass is 32.2. The smallest absolute Gasteiger partial charge is 0.337 e. The number of rotatable bonds is 4. The molecule has 0 aromatic heterocycles. The Hall–Kier alpha value is -1.82. The van der Waals surface area contributed by atoms with Gasteiger partial charge in [0.25, 0.3) is 0 Å². The van der Waals surface area contributed by atoms with Gasteiger partial charge in [0.2, 0.25) is 0 Å². The second kappa shape index (κ2) is 7.38. The Kier molecular flexibility index (Phi) is 5.23. The number of aliphatic imine (C=N–C) groups is 1. The molecule has 1 N–H and O–H groups in total. The number of ether oxygens (including phenoxy) is 1. The van der Waals surface area contributed by atoms with E-state index in [0.29, 0.717) is 28.0 Å². The molecule has 1 saturated carbocycles. The summed E-state index contributed by atoms with van der Waals surface area (Å²) < 4.78 is 18.6. The Morgan fingerprint density at radius 3 is 3.04 bits per heavy atom. The summed E-state index contributed by atoms with van der Waals surface area (Å²) in [5.41, 5.74) is 0.930. The lowest BCUT2D eigenvalue weighted by molar-refractivity contribution is -0.139. The predicted molar refractivity (Wildman–Crippen MR) is 92.7 cm³/mol. The van der Waals surface area contributed by atoms with Crippen LogP contribution in [0.3, 0.4) is 0 Å². The van der Waals surface area contributed by atoms with Gasteiger partial charge in [-0.1, -0.05) is 18.9 Å². The van der Waals surface area contributed by atoms with E-state index in [-0.39, 0.29) is 11.9 Å². The molecular weight excluding hydrogens is 329 g/mol. The van der Waals surface area contributed by atoms with Crippen molar-refractivity contribution >= 4 is 23.9 Å². The highest BCUT2D eigenvalue weighted by Crippen LogP contribution is 2.49. The van der Waals surface area contributed by atoms with E-state index in [4.69, 9.17) is 4.74 Å². The second-order valence-corrected chi connectivity index (χ2v) is 7.15. The van der Waals surface area contributed by atoms with Gasteiger partial charge in [-0.15, -0.1) is 11.8 Å². The molecule has 4 nitrogen and oxygen atoms in total. The van der Waals surface area contributed by atoms with Crippen LogP contribution in [-0.4, -0.2) is 29.1 Å². The molecular formula is C18H20FNO3S. The Balaban J connectivity index is 1.92. The number of hydrogen-bond acceptors (Lipinski definition) is 5. The van der Waals surface area contributed by atoms with Crippen molar-refractivity contribution in [3.8, 4) is 5.75 Å². The maximum absolute atomic E-state index is 13.4. The molecule has 0 bridgehead atoms. The van der Waals surface area contributed by atoms with E-state index < -0.39 is 11.6 Å². The summed E-state index contributed by atoms with van der Waals surface area (Å²) in [7, 11) is 0. The van der Waals surface area contributed by atoms with Crippen LogP contribution in [-0.2, 0) is 9.53 Å². The lowest BCUT2D eigenvalue weighted by Crippen LogP contribution is -2.24. The van der Waals surface area contributed by atoms with E-state index in [0.717, 1.165) is 25.7 Å². The Morgan fingerprint density at radius 1 is 1.46 bits per heavy atom. The SMILES string of the molecule is CCOC(=O)C1=C(/N=C/c2cccc(F)c2O)S[C@@H]2CCCC[C@@H]12. The van der Waals surface area contributed by atoms with E-state index >= 15 is 0 Å². The van der Waals surface area contributed by atoms with Gasteiger partial charge in [-0.25, -0.2) is 14.2 Å². The maximum atomic E-state index is 13.4. The number of esters is 1. The number of nitrogens with zero attached hydrogens (tertiary/aromatic N) is 1. The largest absolute Gasteiger partial charge is 0.504 e. The lowest BCUT2D eigenvalue weighted by Gasteiger charge is -2.25. The van der Waals surface area contributed by atoms with Crippen molar-refractivity contribution in [1.82, 2.24) is 0 Å². The van der Waals surface area contributed by atoms with Gasteiger partial charge < -0.3 is 9.84 Å². The zero-order valence-electron chi connectivity index (χ0n) is 13.5. The molecule has 0 radical (unpaired) electrons. The van der Waals surface area contributed by atoms with Crippen molar-refractivity contribution < 1.29 is 19.0 Å². The first-order valence-corrected chi connectivity index (χ1v) is 9.09. The summed E-state index contributed by atoms with van der Waals surface area (Å²) in [6.45, 7) is 2.11. The third-order valence-electron chi connectivity index (χ3n) is 4.40. The first-order chi connectivity index (χ1) is 11.6. The number of hydrogen-bond donors (Lipinski definition) is 1. The molecule has 0 unspecified atom stereocenters. The highest BCUT2D eigenvalue weighted by Gasteiger charge is 2.41. The molecule has 1 aliphatic heterocycles. The Morgan fingerprint density at radius 2 is 2.25 bits per heavy atom. The number of carbonyl (C=O) groups excluding carboxylic acids is 1. The van der Waals surface area contributed by atoms with Crippen molar-refractivity contribution in [2.24, 2.45) is 10.9 Å². The Labute approximate surface area is 144 Å². The number of para-hydroxylation sites is 1. The molecule has 1 aromatic rings. The number of halogens is 1. The minimum absolute atomic E-state index is 0.177. The normalized spacial score (nSPS) is 23.6. The van der Waals surface area contributed by atoms with Gasteiger partial charge in [0.1, 0.15) is 5.03 Å². The molecule has 128 valence electrons. The van der Waals surface area contributed by atoms with Crippen LogP contribution in [0.1, 0.15) is 38.2 Å². The first kappa shape index (κ1) is 17.0. The van der Waals surface area contributed by atoms with Crippen molar-refractivity contribution in [1.29, 1.82) is 0 Å². The molecule has 1 heterocycles. The quantitative estimate of drug-likeness (QED) is 0.658. The van der Waals surface area contributed by atoms with Crippen LogP contribution in [0.2, 0.25) is 0 Å². The zero-order chi connectivity index (χ0) is 17.1. The molecule has 1 aliphatic carbocycles. The summed E-state index contributed by atoms with van der Waals surface area (Å²) in [5, 5.41) is 10.7. The van der Waals surface area contributed by atoms with Gasteiger partial charge in [-0.2, -0.15) is 0 Å². The minimum Gasteiger partial charge on any atom is -0.504 e. The van der Waals surface area contributed by atoms with Crippen LogP contribution < -0.4 is 0 Å². The van der Waals surface area contributed by atoms with Crippen LogP contribution in [0.15, 0.2) is 33.8 Å². The summed E-state index contributed by atoms with van der Waals surface area (Å²) >= 11 is 1.59. The summed E-state index contributed by atoms with van der Waals surface area (Å²) in [6.07, 6.45) is 5.70. The lowest BCUT2D eigenvalue weighted by atomic mass is 9.84. The summed E-state index contributed by atoms with van der Waals surface area (Å²) in [4.78, 5) is 16.8. The number of carbonyl (C=O) groups is 1. The molecule has 6 heteroatoms. The van der Waals surface area contributed by atoms with Gasteiger partial charge in [-0.3, -0.25) is 0 Å². The number of phenolic OH excluding ortho intramolecular Hbond substituents is 1. The average Bonchev–Trinajstić information content (AvgIpc) is 2.95. The topological polar surface area (TPSA) is 58.9 Å². The summed E-state index contributed by atoms with van der Waals surface area (Å²) in [5.74, 6) is -1.25. The van der Waals surface area contributed by atoms with Crippen LogP contribution in [0.5, 0.6) is 5.75 Å². The van der Waals surface area contributed by atoms with Crippen LogP contribution in [0.4, 0.5) is 4.39 Å². The maximum Gasteiger partial charge on any atom is 0.337 e. The monoisotopic (exact) mass is 349 g/mol. The molecule has 0 amide bonds. The molecule has 0 saturated heterocycles. The number of phenols is 1. The second-order valence-electron chi connectivity index (χ2n) is 5.92. The molecule has 0 spiro atoms. The zero-order valence-corrected chi connectivity index (χ0v) is 14.3. The Bertz CT molecular complexity index is 702.